The number of aromatic nitrogens is 2. The Morgan fingerprint density at radius 3 is 2.83 bits per heavy atom. The zero-order valence-electron chi connectivity index (χ0n) is 12.5. The molecule has 0 aliphatic heterocycles. The molecule has 0 fully saturated rings. The lowest BCUT2D eigenvalue weighted by Crippen LogP contribution is -2.09. The van der Waals surface area contributed by atoms with Gasteiger partial charge in [-0.15, -0.1) is 0 Å². The average Bonchev–Trinajstić information content (AvgIpc) is 3.15. The van der Waals surface area contributed by atoms with Crippen molar-refractivity contribution in [3.63, 3.8) is 0 Å². The Bertz CT molecular complexity index is 817. The summed E-state index contributed by atoms with van der Waals surface area (Å²) in [6.07, 6.45) is 1.53. The zero-order chi connectivity index (χ0) is 16.4. The van der Waals surface area contributed by atoms with Crippen molar-refractivity contribution in [2.45, 2.75) is 20.5 Å². The molecule has 0 aliphatic rings. The Morgan fingerprint density at radius 2 is 2.13 bits per heavy atom. The zero-order valence-corrected chi connectivity index (χ0v) is 13.3. The van der Waals surface area contributed by atoms with Crippen LogP contribution in [0.3, 0.4) is 0 Å². The summed E-state index contributed by atoms with van der Waals surface area (Å²) in [5.74, 6) is 0.464. The van der Waals surface area contributed by atoms with Gasteiger partial charge in [-0.2, -0.15) is 0 Å². The van der Waals surface area contributed by atoms with Gasteiger partial charge in [-0.3, -0.25) is 0 Å². The van der Waals surface area contributed by atoms with E-state index in [1.54, 1.807) is 38.1 Å². The first kappa shape index (κ1) is 15.3. The smallest absolute Gasteiger partial charge is 0.341 e. The molecular formula is C16H13ClN2O4. The topological polar surface area (TPSA) is 78.4 Å². The van der Waals surface area contributed by atoms with Gasteiger partial charge in [-0.05, 0) is 37.6 Å². The first-order valence-electron chi connectivity index (χ1n) is 6.85. The number of hydrogen-bond acceptors (Lipinski definition) is 6. The first-order valence-corrected chi connectivity index (χ1v) is 7.22. The molecule has 3 aromatic heterocycles. The molecule has 0 bridgehead atoms. The van der Waals surface area contributed by atoms with Crippen LogP contribution < -0.4 is 0 Å². The SMILES string of the molecule is Cc1cc(C)c(C(=O)OCc2cc(-c3ccco3)on2)c(Cl)n1. The molecular weight excluding hydrogens is 320 g/mol. The summed E-state index contributed by atoms with van der Waals surface area (Å²) >= 11 is 6.02. The van der Waals surface area contributed by atoms with Crippen LogP contribution in [0.1, 0.15) is 27.3 Å². The number of carbonyl (C=O) groups excluding carboxylic acids is 1. The molecule has 0 N–H and O–H groups in total. The van der Waals surface area contributed by atoms with E-state index in [0.717, 1.165) is 5.69 Å². The molecule has 0 aromatic carbocycles. The van der Waals surface area contributed by atoms with E-state index < -0.39 is 5.97 Å². The van der Waals surface area contributed by atoms with Crippen LogP contribution in [0.15, 0.2) is 39.5 Å². The molecule has 6 nitrogen and oxygen atoms in total. The predicted molar refractivity (Wildman–Crippen MR) is 82.0 cm³/mol. The minimum absolute atomic E-state index is 0.0350. The summed E-state index contributed by atoms with van der Waals surface area (Å²) in [5, 5.41) is 3.96. The second-order valence-electron chi connectivity index (χ2n) is 4.98. The maximum absolute atomic E-state index is 12.2. The lowest BCUT2D eigenvalue weighted by atomic mass is 10.1. The van der Waals surface area contributed by atoms with Crippen molar-refractivity contribution < 1.29 is 18.5 Å². The Labute approximate surface area is 137 Å². The van der Waals surface area contributed by atoms with Crippen molar-refractivity contribution in [3.8, 4) is 11.5 Å². The van der Waals surface area contributed by atoms with E-state index in [1.807, 2.05) is 0 Å². The fourth-order valence-electron chi connectivity index (χ4n) is 2.16. The van der Waals surface area contributed by atoms with Crippen molar-refractivity contribution in [2.24, 2.45) is 0 Å². The largest absolute Gasteiger partial charge is 0.461 e. The molecule has 3 aromatic rings. The highest BCUT2D eigenvalue weighted by Crippen LogP contribution is 2.22. The normalized spacial score (nSPS) is 10.7. The molecule has 118 valence electrons. The monoisotopic (exact) mass is 332 g/mol. The number of esters is 1. The molecule has 7 heteroatoms. The van der Waals surface area contributed by atoms with Crippen LogP contribution in [0.5, 0.6) is 0 Å². The van der Waals surface area contributed by atoms with Gasteiger partial charge in [0.2, 0.25) is 5.76 Å². The molecule has 3 heterocycles. The predicted octanol–water partition coefficient (Wildman–Crippen LogP) is 3.96. The molecule has 3 rings (SSSR count). The van der Waals surface area contributed by atoms with Crippen molar-refractivity contribution >= 4 is 17.6 Å². The maximum atomic E-state index is 12.2. The van der Waals surface area contributed by atoms with Crippen LogP contribution in [0.4, 0.5) is 0 Å². The summed E-state index contributed by atoms with van der Waals surface area (Å²) in [5.41, 5.74) is 2.18. The van der Waals surface area contributed by atoms with E-state index in [1.165, 1.54) is 6.26 Å². The van der Waals surface area contributed by atoms with E-state index in [4.69, 9.17) is 25.3 Å². The number of ether oxygens (including phenoxy) is 1. The van der Waals surface area contributed by atoms with Crippen LogP contribution in [0, 0.1) is 13.8 Å². The summed E-state index contributed by atoms with van der Waals surface area (Å²) in [6.45, 7) is 3.55. The highest BCUT2D eigenvalue weighted by molar-refractivity contribution is 6.32. The van der Waals surface area contributed by atoms with Gasteiger partial charge in [-0.1, -0.05) is 16.8 Å². The second kappa shape index (κ2) is 6.26. The highest BCUT2D eigenvalue weighted by Gasteiger charge is 2.18. The standard InChI is InChI=1S/C16H13ClN2O4/c1-9-6-10(2)18-15(17)14(9)16(20)22-8-11-7-13(23-19-11)12-4-3-5-21-12/h3-7H,8H2,1-2H3. The number of carbonyl (C=O) groups is 1. The molecule has 0 spiro atoms. The van der Waals surface area contributed by atoms with E-state index in [-0.39, 0.29) is 17.3 Å². The fourth-order valence-corrected chi connectivity index (χ4v) is 2.52. The number of nitrogens with zero attached hydrogens (tertiary/aromatic N) is 2. The first-order chi connectivity index (χ1) is 11.0. The highest BCUT2D eigenvalue weighted by atomic mass is 35.5. The van der Waals surface area contributed by atoms with E-state index in [9.17, 15) is 4.79 Å². The van der Waals surface area contributed by atoms with E-state index in [0.29, 0.717) is 22.8 Å². The molecule has 0 unspecified atom stereocenters. The Balaban J connectivity index is 1.70. The molecule has 0 saturated heterocycles. The molecule has 0 radical (unpaired) electrons. The van der Waals surface area contributed by atoms with E-state index >= 15 is 0 Å². The number of hydrogen-bond donors (Lipinski definition) is 0. The number of aryl methyl sites for hydroxylation is 2. The van der Waals surface area contributed by atoms with Crippen molar-refractivity contribution in [1.29, 1.82) is 0 Å². The van der Waals surface area contributed by atoms with Crippen LogP contribution in [-0.2, 0) is 11.3 Å². The van der Waals surface area contributed by atoms with Crippen LogP contribution in [0.2, 0.25) is 5.15 Å². The van der Waals surface area contributed by atoms with Gasteiger partial charge in [0.05, 0.1) is 11.8 Å². The summed E-state index contributed by atoms with van der Waals surface area (Å²) < 4.78 is 15.6. The van der Waals surface area contributed by atoms with Gasteiger partial charge in [-0.25, -0.2) is 9.78 Å². The number of rotatable bonds is 4. The lowest BCUT2D eigenvalue weighted by molar-refractivity contribution is 0.0463. The number of pyridine rings is 1. The molecule has 0 amide bonds. The number of furan rings is 1. The molecule has 0 aliphatic carbocycles. The summed E-state index contributed by atoms with van der Waals surface area (Å²) in [6, 6.07) is 6.91. The van der Waals surface area contributed by atoms with Gasteiger partial charge >= 0.3 is 5.97 Å². The summed E-state index contributed by atoms with van der Waals surface area (Å²) in [7, 11) is 0. The Morgan fingerprint density at radius 1 is 1.30 bits per heavy atom. The van der Waals surface area contributed by atoms with Gasteiger partial charge in [0.1, 0.15) is 17.5 Å². The van der Waals surface area contributed by atoms with Crippen LogP contribution in [-0.4, -0.2) is 16.1 Å². The second-order valence-corrected chi connectivity index (χ2v) is 5.34. The van der Waals surface area contributed by atoms with Crippen LogP contribution in [0.25, 0.3) is 11.5 Å². The molecule has 23 heavy (non-hydrogen) atoms. The third kappa shape index (κ3) is 3.27. The lowest BCUT2D eigenvalue weighted by Gasteiger charge is -2.08. The molecule has 0 saturated carbocycles. The Hall–Kier alpha value is -2.60. The van der Waals surface area contributed by atoms with Gasteiger partial charge in [0.25, 0.3) is 0 Å². The summed E-state index contributed by atoms with van der Waals surface area (Å²) in [4.78, 5) is 16.2. The third-order valence-electron chi connectivity index (χ3n) is 3.18. The van der Waals surface area contributed by atoms with Crippen molar-refractivity contribution in [1.82, 2.24) is 10.1 Å². The van der Waals surface area contributed by atoms with Gasteiger partial charge < -0.3 is 13.7 Å². The number of halogens is 1. The quantitative estimate of drug-likeness (QED) is 0.531. The van der Waals surface area contributed by atoms with Gasteiger partial charge in [0, 0.05) is 11.8 Å². The fraction of sp³-hybridized carbons (Fsp3) is 0.188. The van der Waals surface area contributed by atoms with Gasteiger partial charge in [0.15, 0.2) is 5.76 Å². The Kier molecular flexibility index (Phi) is 4.16. The van der Waals surface area contributed by atoms with Crippen LogP contribution >= 0.6 is 11.6 Å². The van der Waals surface area contributed by atoms with E-state index in [2.05, 4.69) is 10.1 Å². The minimum atomic E-state index is -0.553. The average molecular weight is 333 g/mol. The minimum Gasteiger partial charge on any atom is -0.461 e. The van der Waals surface area contributed by atoms with Crippen molar-refractivity contribution in [2.75, 3.05) is 0 Å². The molecule has 0 atom stereocenters. The third-order valence-corrected chi connectivity index (χ3v) is 3.45. The maximum Gasteiger partial charge on any atom is 0.341 e. The van der Waals surface area contributed by atoms with Crippen molar-refractivity contribution in [3.05, 3.63) is 58.2 Å².